The first-order valence-electron chi connectivity index (χ1n) is 9.62. The first-order chi connectivity index (χ1) is 14.6. The molecule has 0 saturated carbocycles. The molecule has 3 rings (SSSR count). The number of aliphatic hydroxyl groups excluding tert-OH is 1. The molecule has 1 heterocycles. The van der Waals surface area contributed by atoms with Crippen molar-refractivity contribution in [1.82, 2.24) is 4.90 Å². The van der Waals surface area contributed by atoms with Crippen molar-refractivity contribution in [3.8, 4) is 23.0 Å². The number of rotatable bonds is 8. The summed E-state index contributed by atoms with van der Waals surface area (Å²) in [7, 11) is 4.68. The Morgan fingerprint density at radius 1 is 1.07 bits per heavy atom. The zero-order chi connectivity index (χ0) is 21.5. The third kappa shape index (κ3) is 4.77. The van der Waals surface area contributed by atoms with Crippen molar-refractivity contribution in [2.75, 3.05) is 47.7 Å². The number of hydrogen-bond donors (Lipinski definition) is 1. The van der Waals surface area contributed by atoms with Crippen LogP contribution in [0.25, 0.3) is 0 Å². The molecule has 0 aromatic heterocycles. The molecule has 1 amide bonds. The fourth-order valence-corrected chi connectivity index (χ4v) is 3.52. The van der Waals surface area contributed by atoms with Crippen molar-refractivity contribution in [3.05, 3.63) is 48.0 Å². The second-order valence-corrected chi connectivity index (χ2v) is 6.71. The van der Waals surface area contributed by atoms with Crippen LogP contribution >= 0.6 is 0 Å². The van der Waals surface area contributed by atoms with Gasteiger partial charge >= 0.3 is 0 Å². The maximum Gasteiger partial charge on any atom is 0.261 e. The highest BCUT2D eigenvalue weighted by atomic mass is 16.5. The Morgan fingerprint density at radius 2 is 1.83 bits per heavy atom. The predicted molar refractivity (Wildman–Crippen MR) is 109 cm³/mol. The number of methoxy groups -OCH3 is 3. The van der Waals surface area contributed by atoms with E-state index in [0.717, 1.165) is 5.56 Å². The highest BCUT2D eigenvalue weighted by Gasteiger charge is 2.36. The van der Waals surface area contributed by atoms with Gasteiger partial charge in [-0.05, 0) is 29.8 Å². The Bertz CT molecular complexity index is 857. The smallest absolute Gasteiger partial charge is 0.261 e. The summed E-state index contributed by atoms with van der Waals surface area (Å²) in [6.07, 6.45) is -0.558. The van der Waals surface area contributed by atoms with Crippen molar-refractivity contribution >= 4 is 5.91 Å². The van der Waals surface area contributed by atoms with E-state index in [1.165, 1.54) is 0 Å². The van der Waals surface area contributed by atoms with Gasteiger partial charge in [0.15, 0.2) is 18.1 Å². The molecule has 30 heavy (non-hydrogen) atoms. The van der Waals surface area contributed by atoms with E-state index in [-0.39, 0.29) is 19.1 Å². The van der Waals surface area contributed by atoms with Crippen LogP contribution in [0.15, 0.2) is 42.5 Å². The van der Waals surface area contributed by atoms with E-state index in [9.17, 15) is 9.90 Å². The summed E-state index contributed by atoms with van der Waals surface area (Å²) < 4.78 is 27.3. The third-order valence-electron chi connectivity index (χ3n) is 5.00. The minimum absolute atomic E-state index is 0.144. The number of carbonyl (C=O) groups is 1. The Kier molecular flexibility index (Phi) is 7.37. The van der Waals surface area contributed by atoms with Crippen LogP contribution in [0.1, 0.15) is 11.6 Å². The van der Waals surface area contributed by atoms with E-state index in [2.05, 4.69) is 0 Å². The monoisotopic (exact) mass is 417 g/mol. The molecule has 1 N–H and O–H groups in total. The molecule has 1 fully saturated rings. The summed E-state index contributed by atoms with van der Waals surface area (Å²) in [5, 5.41) is 9.85. The largest absolute Gasteiger partial charge is 0.497 e. The SMILES string of the molecule is COc1cccc(OCC(=O)N2CCOC(CO)C2c2ccc(OC)c(OC)c2)c1. The van der Waals surface area contributed by atoms with E-state index in [0.29, 0.717) is 36.1 Å². The zero-order valence-corrected chi connectivity index (χ0v) is 17.4. The lowest BCUT2D eigenvalue weighted by Crippen LogP contribution is -2.50. The number of ether oxygens (including phenoxy) is 5. The van der Waals surface area contributed by atoms with Gasteiger partial charge in [-0.15, -0.1) is 0 Å². The topological polar surface area (TPSA) is 86.7 Å². The highest BCUT2D eigenvalue weighted by molar-refractivity contribution is 5.78. The van der Waals surface area contributed by atoms with Gasteiger partial charge in [-0.25, -0.2) is 0 Å². The van der Waals surface area contributed by atoms with Crippen LogP contribution in [0.3, 0.4) is 0 Å². The van der Waals surface area contributed by atoms with Crippen LogP contribution in [0.5, 0.6) is 23.0 Å². The molecule has 2 atom stereocenters. The van der Waals surface area contributed by atoms with Gasteiger partial charge in [0.05, 0.1) is 40.6 Å². The number of carbonyl (C=O) groups excluding carboxylic acids is 1. The summed E-state index contributed by atoms with van der Waals surface area (Å²) in [6.45, 7) is 0.352. The number of amides is 1. The molecule has 1 saturated heterocycles. The van der Waals surface area contributed by atoms with Gasteiger partial charge in [-0.3, -0.25) is 4.79 Å². The predicted octanol–water partition coefficient (Wildman–Crippen LogP) is 2.05. The van der Waals surface area contributed by atoms with Crippen LogP contribution < -0.4 is 18.9 Å². The summed E-state index contributed by atoms with van der Waals surface area (Å²) in [5.74, 6) is 2.10. The number of hydrogen-bond acceptors (Lipinski definition) is 7. The van der Waals surface area contributed by atoms with Crippen LogP contribution in [0.2, 0.25) is 0 Å². The quantitative estimate of drug-likeness (QED) is 0.703. The van der Waals surface area contributed by atoms with Crippen LogP contribution in [-0.2, 0) is 9.53 Å². The van der Waals surface area contributed by atoms with Gasteiger partial charge in [0, 0.05) is 12.6 Å². The number of nitrogens with zero attached hydrogens (tertiary/aromatic N) is 1. The standard InChI is InChI=1S/C22H27NO7/c1-26-16-5-4-6-17(12-16)30-14-21(25)23-9-10-29-20(13-24)22(23)15-7-8-18(27-2)19(11-15)28-3/h4-8,11-12,20,22,24H,9-10,13-14H2,1-3H3. The normalized spacial score (nSPS) is 18.6. The van der Waals surface area contributed by atoms with Gasteiger partial charge < -0.3 is 33.7 Å². The van der Waals surface area contributed by atoms with Crippen molar-refractivity contribution in [2.24, 2.45) is 0 Å². The van der Waals surface area contributed by atoms with Crippen LogP contribution in [0.4, 0.5) is 0 Å². The third-order valence-corrected chi connectivity index (χ3v) is 5.00. The molecule has 0 spiro atoms. The van der Waals surface area contributed by atoms with E-state index in [1.54, 1.807) is 62.6 Å². The Labute approximate surface area is 175 Å². The lowest BCUT2D eigenvalue weighted by molar-refractivity contribution is -0.152. The maximum absolute atomic E-state index is 13.0. The van der Waals surface area contributed by atoms with Gasteiger partial charge in [-0.2, -0.15) is 0 Å². The zero-order valence-electron chi connectivity index (χ0n) is 17.4. The van der Waals surface area contributed by atoms with Crippen molar-refractivity contribution in [3.63, 3.8) is 0 Å². The van der Waals surface area contributed by atoms with Crippen molar-refractivity contribution < 1.29 is 33.6 Å². The molecule has 8 nitrogen and oxygen atoms in total. The second kappa shape index (κ2) is 10.2. The van der Waals surface area contributed by atoms with Gasteiger partial charge in [0.2, 0.25) is 0 Å². The molecule has 0 aliphatic carbocycles. The Morgan fingerprint density at radius 3 is 2.53 bits per heavy atom. The number of morpholine rings is 1. The van der Waals surface area contributed by atoms with Gasteiger partial charge in [0.1, 0.15) is 17.6 Å². The Hall–Kier alpha value is -2.97. The highest BCUT2D eigenvalue weighted by Crippen LogP contribution is 2.35. The van der Waals surface area contributed by atoms with Crippen LogP contribution in [-0.4, -0.2) is 69.7 Å². The molecule has 162 valence electrons. The van der Waals surface area contributed by atoms with E-state index in [1.807, 2.05) is 6.07 Å². The first kappa shape index (κ1) is 21.7. The summed E-state index contributed by atoms with van der Waals surface area (Å²) in [6, 6.07) is 12.0. The first-order valence-corrected chi connectivity index (χ1v) is 9.62. The number of benzene rings is 2. The van der Waals surface area contributed by atoms with E-state index >= 15 is 0 Å². The van der Waals surface area contributed by atoms with Crippen LogP contribution in [0, 0.1) is 0 Å². The number of aliphatic hydroxyl groups is 1. The molecule has 2 aromatic rings. The molecule has 2 unspecified atom stereocenters. The fourth-order valence-electron chi connectivity index (χ4n) is 3.52. The van der Waals surface area contributed by atoms with E-state index < -0.39 is 12.1 Å². The minimum atomic E-state index is -0.558. The van der Waals surface area contributed by atoms with Gasteiger partial charge in [0.25, 0.3) is 5.91 Å². The molecule has 1 aliphatic heterocycles. The summed E-state index contributed by atoms with van der Waals surface area (Å²) in [4.78, 5) is 14.7. The van der Waals surface area contributed by atoms with Crippen molar-refractivity contribution in [2.45, 2.75) is 12.1 Å². The molecular weight excluding hydrogens is 390 g/mol. The van der Waals surface area contributed by atoms with E-state index in [4.69, 9.17) is 23.7 Å². The average Bonchev–Trinajstić information content (AvgIpc) is 2.81. The fraction of sp³-hybridized carbons (Fsp3) is 0.409. The summed E-state index contributed by atoms with van der Waals surface area (Å²) >= 11 is 0. The lowest BCUT2D eigenvalue weighted by Gasteiger charge is -2.41. The lowest BCUT2D eigenvalue weighted by atomic mass is 9.97. The van der Waals surface area contributed by atoms with Gasteiger partial charge in [-0.1, -0.05) is 12.1 Å². The second-order valence-electron chi connectivity index (χ2n) is 6.71. The molecule has 8 heteroatoms. The molecule has 0 bridgehead atoms. The molecule has 2 aromatic carbocycles. The van der Waals surface area contributed by atoms with Crippen molar-refractivity contribution in [1.29, 1.82) is 0 Å². The maximum atomic E-state index is 13.0. The molecule has 1 aliphatic rings. The summed E-state index contributed by atoms with van der Waals surface area (Å²) in [5.41, 5.74) is 0.779. The Balaban J connectivity index is 1.81. The average molecular weight is 417 g/mol. The molecule has 0 radical (unpaired) electrons. The minimum Gasteiger partial charge on any atom is -0.497 e. The molecular formula is C22H27NO7.